The normalized spacial score (nSPS) is 17.2. The third-order valence-corrected chi connectivity index (χ3v) is 6.96. The van der Waals surface area contributed by atoms with Gasteiger partial charge in [0.05, 0.1) is 12.8 Å². The summed E-state index contributed by atoms with van der Waals surface area (Å²) in [7, 11) is 5.65. The third-order valence-electron chi connectivity index (χ3n) is 6.96. The number of piperidine rings is 1. The van der Waals surface area contributed by atoms with E-state index in [-0.39, 0.29) is 11.3 Å². The molecule has 1 saturated heterocycles. The number of aryl methyl sites for hydroxylation is 1. The lowest BCUT2D eigenvalue weighted by Crippen LogP contribution is -2.45. The first-order valence-electron chi connectivity index (χ1n) is 11.4. The molecule has 7 nitrogen and oxygen atoms in total. The van der Waals surface area contributed by atoms with Crippen molar-refractivity contribution in [1.82, 2.24) is 14.7 Å². The first kappa shape index (κ1) is 21.5. The standard InChI is InChI=1S/C26H30N4O3/c1-28-13-10-26(11-14-28)18-30(25(31)21-9-12-29(2)27-21)22-16-24(23(32-3)15-20(22)26)33-17-19-7-5-4-6-8-19/h4-9,12,15-16H,10-11,13-14,17-18H2,1-3H3. The van der Waals surface area contributed by atoms with Gasteiger partial charge in [0.15, 0.2) is 17.2 Å². The summed E-state index contributed by atoms with van der Waals surface area (Å²) in [5.41, 5.74) is 3.52. The van der Waals surface area contributed by atoms with Gasteiger partial charge in [-0.25, -0.2) is 0 Å². The van der Waals surface area contributed by atoms with E-state index < -0.39 is 0 Å². The van der Waals surface area contributed by atoms with Crippen molar-refractivity contribution in [1.29, 1.82) is 0 Å². The van der Waals surface area contributed by atoms with E-state index in [9.17, 15) is 4.79 Å². The Labute approximate surface area is 194 Å². The van der Waals surface area contributed by atoms with Crippen molar-refractivity contribution < 1.29 is 14.3 Å². The molecule has 3 heterocycles. The number of ether oxygens (including phenoxy) is 2. The molecule has 0 atom stereocenters. The number of likely N-dealkylation sites (tertiary alicyclic amines) is 1. The average molecular weight is 447 g/mol. The second-order valence-electron chi connectivity index (χ2n) is 9.14. The second-order valence-corrected chi connectivity index (χ2v) is 9.14. The van der Waals surface area contributed by atoms with Crippen LogP contribution < -0.4 is 14.4 Å². The summed E-state index contributed by atoms with van der Waals surface area (Å²) in [6.45, 7) is 3.08. The highest BCUT2D eigenvalue weighted by molar-refractivity contribution is 6.06. The molecule has 7 heteroatoms. The van der Waals surface area contributed by atoms with Gasteiger partial charge in [-0.1, -0.05) is 30.3 Å². The van der Waals surface area contributed by atoms with Crippen LogP contribution in [-0.4, -0.2) is 54.4 Å². The quantitative estimate of drug-likeness (QED) is 0.599. The Hall–Kier alpha value is -3.32. The maximum Gasteiger partial charge on any atom is 0.278 e. The van der Waals surface area contributed by atoms with Gasteiger partial charge >= 0.3 is 0 Å². The molecule has 5 rings (SSSR count). The molecule has 2 aliphatic heterocycles. The molecule has 0 saturated carbocycles. The predicted octanol–water partition coefficient (Wildman–Crippen LogP) is 3.63. The Kier molecular flexibility index (Phi) is 5.58. The molecule has 1 amide bonds. The molecule has 2 aromatic carbocycles. The Balaban J connectivity index is 1.54. The highest BCUT2D eigenvalue weighted by Crippen LogP contribution is 2.51. The summed E-state index contributed by atoms with van der Waals surface area (Å²) in [5.74, 6) is 1.27. The number of hydrogen-bond donors (Lipinski definition) is 0. The number of hydrogen-bond acceptors (Lipinski definition) is 5. The first-order chi connectivity index (χ1) is 16.0. The van der Waals surface area contributed by atoms with E-state index in [0.29, 0.717) is 30.3 Å². The van der Waals surface area contributed by atoms with Gasteiger partial charge in [-0.2, -0.15) is 5.10 Å². The minimum atomic E-state index is -0.0858. The molecule has 0 N–H and O–H groups in total. The zero-order chi connectivity index (χ0) is 23.0. The summed E-state index contributed by atoms with van der Waals surface area (Å²) in [5, 5.41) is 4.37. The van der Waals surface area contributed by atoms with E-state index in [1.807, 2.05) is 48.3 Å². The smallest absolute Gasteiger partial charge is 0.278 e. The van der Waals surface area contributed by atoms with Gasteiger partial charge in [-0.3, -0.25) is 9.48 Å². The maximum atomic E-state index is 13.5. The van der Waals surface area contributed by atoms with E-state index >= 15 is 0 Å². The van der Waals surface area contributed by atoms with E-state index in [1.165, 1.54) is 5.56 Å². The van der Waals surface area contributed by atoms with E-state index in [0.717, 1.165) is 37.2 Å². The van der Waals surface area contributed by atoms with Crippen LogP contribution in [0.5, 0.6) is 11.5 Å². The molecule has 3 aromatic rings. The lowest BCUT2D eigenvalue weighted by Gasteiger charge is -2.38. The van der Waals surface area contributed by atoms with Crippen LogP contribution in [0.4, 0.5) is 5.69 Å². The Morgan fingerprint density at radius 2 is 1.82 bits per heavy atom. The molecule has 33 heavy (non-hydrogen) atoms. The average Bonchev–Trinajstić information content (AvgIpc) is 3.41. The van der Waals surface area contributed by atoms with Gasteiger partial charge < -0.3 is 19.3 Å². The van der Waals surface area contributed by atoms with Crippen molar-refractivity contribution in [3.8, 4) is 11.5 Å². The summed E-state index contributed by atoms with van der Waals surface area (Å²) in [6.07, 6.45) is 3.80. The number of carbonyl (C=O) groups excluding carboxylic acids is 1. The van der Waals surface area contributed by atoms with Crippen LogP contribution in [0.2, 0.25) is 0 Å². The van der Waals surface area contributed by atoms with Gasteiger partial charge in [0, 0.05) is 31.3 Å². The molecule has 2 aliphatic rings. The number of amides is 1. The van der Waals surface area contributed by atoms with E-state index in [4.69, 9.17) is 9.47 Å². The van der Waals surface area contributed by atoms with E-state index in [2.05, 4.69) is 23.1 Å². The van der Waals surface area contributed by atoms with Gasteiger partial charge in [0.25, 0.3) is 5.91 Å². The molecule has 1 spiro atoms. The van der Waals surface area contributed by atoms with Crippen molar-refractivity contribution in [2.75, 3.05) is 38.7 Å². The Morgan fingerprint density at radius 3 is 2.48 bits per heavy atom. The number of aromatic nitrogens is 2. The topological polar surface area (TPSA) is 59.8 Å². The maximum absolute atomic E-state index is 13.5. The minimum Gasteiger partial charge on any atom is -0.493 e. The monoisotopic (exact) mass is 446 g/mol. The molecule has 172 valence electrons. The highest BCUT2D eigenvalue weighted by Gasteiger charge is 2.47. The molecule has 1 fully saturated rings. The van der Waals surface area contributed by atoms with Gasteiger partial charge in [-0.15, -0.1) is 0 Å². The molecule has 1 aromatic heterocycles. The summed E-state index contributed by atoms with van der Waals surface area (Å²) < 4.78 is 13.6. The number of carbonyl (C=O) groups is 1. The van der Waals surface area contributed by atoms with Crippen LogP contribution in [0.25, 0.3) is 0 Å². The van der Waals surface area contributed by atoms with Crippen LogP contribution in [0.3, 0.4) is 0 Å². The minimum absolute atomic E-state index is 0.0770. The fraction of sp³-hybridized carbons (Fsp3) is 0.385. The van der Waals surface area contributed by atoms with Gasteiger partial charge in [0.2, 0.25) is 0 Å². The largest absolute Gasteiger partial charge is 0.493 e. The van der Waals surface area contributed by atoms with Crippen molar-refractivity contribution in [3.05, 3.63) is 71.5 Å². The Bertz CT molecular complexity index is 1150. The van der Waals surface area contributed by atoms with Crippen LogP contribution in [0.15, 0.2) is 54.7 Å². The second kappa shape index (κ2) is 8.56. The Morgan fingerprint density at radius 1 is 1.06 bits per heavy atom. The molecule has 0 aliphatic carbocycles. The lowest BCUT2D eigenvalue weighted by atomic mass is 9.74. The zero-order valence-corrected chi connectivity index (χ0v) is 19.5. The summed E-state index contributed by atoms with van der Waals surface area (Å²) in [4.78, 5) is 17.8. The molecular weight excluding hydrogens is 416 g/mol. The van der Waals surface area contributed by atoms with Crippen LogP contribution in [0, 0.1) is 0 Å². The van der Waals surface area contributed by atoms with Crippen molar-refractivity contribution in [3.63, 3.8) is 0 Å². The fourth-order valence-corrected chi connectivity index (χ4v) is 5.00. The first-order valence-corrected chi connectivity index (χ1v) is 11.4. The van der Waals surface area contributed by atoms with Crippen molar-refractivity contribution >= 4 is 11.6 Å². The predicted molar refractivity (Wildman–Crippen MR) is 127 cm³/mol. The summed E-state index contributed by atoms with van der Waals surface area (Å²) >= 11 is 0. The van der Waals surface area contributed by atoms with Gasteiger partial charge in [-0.05, 0) is 56.2 Å². The van der Waals surface area contributed by atoms with Crippen LogP contribution >= 0.6 is 0 Å². The molecule has 0 radical (unpaired) electrons. The number of nitrogens with zero attached hydrogens (tertiary/aromatic N) is 4. The third kappa shape index (κ3) is 3.97. The lowest BCUT2D eigenvalue weighted by molar-refractivity contribution is 0.0973. The van der Waals surface area contributed by atoms with E-state index in [1.54, 1.807) is 24.1 Å². The molecule has 0 bridgehead atoms. The number of rotatable bonds is 5. The molecule has 0 unspecified atom stereocenters. The van der Waals surface area contributed by atoms with Crippen LogP contribution in [0.1, 0.15) is 34.5 Å². The highest BCUT2D eigenvalue weighted by atomic mass is 16.5. The van der Waals surface area contributed by atoms with Crippen LogP contribution in [-0.2, 0) is 19.1 Å². The fourth-order valence-electron chi connectivity index (χ4n) is 5.00. The molecular formula is C26H30N4O3. The number of fused-ring (bicyclic) bond motifs is 2. The zero-order valence-electron chi connectivity index (χ0n) is 19.5. The number of anilines is 1. The SMILES string of the molecule is COc1cc2c(cc1OCc1ccccc1)N(C(=O)c1ccn(C)n1)CC21CCN(C)CC1. The number of methoxy groups -OCH3 is 1. The number of benzene rings is 2. The van der Waals surface area contributed by atoms with Crippen molar-refractivity contribution in [2.24, 2.45) is 7.05 Å². The van der Waals surface area contributed by atoms with Gasteiger partial charge in [0.1, 0.15) is 6.61 Å². The van der Waals surface area contributed by atoms with Crippen molar-refractivity contribution in [2.45, 2.75) is 24.9 Å². The summed E-state index contributed by atoms with van der Waals surface area (Å²) in [6, 6.07) is 15.9.